The Hall–Kier alpha value is -2.33. The number of likely N-dealkylation sites (N-methyl/N-ethyl adjacent to an activating group) is 1. The number of piperidine rings is 1. The maximum atomic E-state index is 12.7. The predicted octanol–water partition coefficient (Wildman–Crippen LogP) is 3.99. The van der Waals surface area contributed by atoms with E-state index in [-0.39, 0.29) is 12.5 Å². The third-order valence-electron chi connectivity index (χ3n) is 5.73. The monoisotopic (exact) mass is 380 g/mol. The molecule has 0 unspecified atom stereocenters. The van der Waals surface area contributed by atoms with Crippen LogP contribution in [0.3, 0.4) is 0 Å². The van der Waals surface area contributed by atoms with Crippen LogP contribution in [0.1, 0.15) is 37.8 Å². The van der Waals surface area contributed by atoms with E-state index in [9.17, 15) is 4.79 Å². The van der Waals surface area contributed by atoms with E-state index in [2.05, 4.69) is 36.9 Å². The van der Waals surface area contributed by atoms with Crippen LogP contribution < -0.4 is 4.74 Å². The zero-order valence-electron chi connectivity index (χ0n) is 17.3. The summed E-state index contributed by atoms with van der Waals surface area (Å²) in [6, 6.07) is 19.2. The fourth-order valence-corrected chi connectivity index (χ4v) is 3.84. The lowest BCUT2D eigenvalue weighted by Crippen LogP contribution is -2.48. The van der Waals surface area contributed by atoms with Gasteiger partial charge in [0.25, 0.3) is 5.91 Å². The maximum absolute atomic E-state index is 12.7. The Morgan fingerprint density at radius 3 is 2.39 bits per heavy atom. The molecule has 1 amide bonds. The minimum Gasteiger partial charge on any atom is -0.483 e. The number of carbonyl (C=O) groups excluding carboxylic acids is 1. The van der Waals surface area contributed by atoms with Gasteiger partial charge < -0.3 is 14.5 Å². The van der Waals surface area contributed by atoms with Crippen molar-refractivity contribution < 1.29 is 9.53 Å². The normalized spacial score (nSPS) is 15.6. The average molecular weight is 381 g/mol. The SMILES string of the molecule is CC(C)N1CCC(N(C)C(=O)COc2ccccc2Cc2ccccc2)CC1. The van der Waals surface area contributed by atoms with Crippen molar-refractivity contribution in [2.24, 2.45) is 0 Å². The Kier molecular flexibility index (Phi) is 7.10. The summed E-state index contributed by atoms with van der Waals surface area (Å²) in [5.74, 6) is 0.847. The van der Waals surface area contributed by atoms with Crippen molar-refractivity contribution in [3.8, 4) is 5.75 Å². The molecule has 150 valence electrons. The van der Waals surface area contributed by atoms with E-state index >= 15 is 0 Å². The van der Waals surface area contributed by atoms with Gasteiger partial charge in [0.15, 0.2) is 6.61 Å². The molecule has 1 fully saturated rings. The molecule has 2 aromatic carbocycles. The molecule has 0 N–H and O–H groups in total. The van der Waals surface area contributed by atoms with Crippen molar-refractivity contribution in [1.29, 1.82) is 0 Å². The molecule has 0 spiro atoms. The molecule has 1 heterocycles. The highest BCUT2D eigenvalue weighted by Crippen LogP contribution is 2.22. The van der Waals surface area contributed by atoms with E-state index in [0.717, 1.165) is 43.7 Å². The van der Waals surface area contributed by atoms with Crippen LogP contribution in [0.2, 0.25) is 0 Å². The molecule has 4 nitrogen and oxygen atoms in total. The number of rotatable bonds is 7. The van der Waals surface area contributed by atoms with Crippen molar-refractivity contribution in [3.05, 3.63) is 65.7 Å². The first-order valence-corrected chi connectivity index (χ1v) is 10.3. The summed E-state index contributed by atoms with van der Waals surface area (Å²) >= 11 is 0. The van der Waals surface area contributed by atoms with Gasteiger partial charge in [0.2, 0.25) is 0 Å². The van der Waals surface area contributed by atoms with Gasteiger partial charge in [0.05, 0.1) is 0 Å². The predicted molar refractivity (Wildman–Crippen MR) is 114 cm³/mol. The molecule has 1 aliphatic rings. The summed E-state index contributed by atoms with van der Waals surface area (Å²) in [5, 5.41) is 0. The van der Waals surface area contributed by atoms with Crippen molar-refractivity contribution in [2.45, 2.75) is 45.2 Å². The van der Waals surface area contributed by atoms with Gasteiger partial charge in [-0.05, 0) is 43.9 Å². The molecular weight excluding hydrogens is 348 g/mol. The summed E-state index contributed by atoms with van der Waals surface area (Å²) in [4.78, 5) is 17.1. The molecule has 0 atom stereocenters. The molecule has 0 aromatic heterocycles. The van der Waals surface area contributed by atoms with E-state index in [4.69, 9.17) is 4.74 Å². The quantitative estimate of drug-likeness (QED) is 0.728. The second kappa shape index (κ2) is 9.74. The van der Waals surface area contributed by atoms with Crippen LogP contribution in [0.25, 0.3) is 0 Å². The fourth-order valence-electron chi connectivity index (χ4n) is 3.84. The second-order valence-electron chi connectivity index (χ2n) is 7.92. The van der Waals surface area contributed by atoms with Crippen LogP contribution in [-0.2, 0) is 11.2 Å². The second-order valence-corrected chi connectivity index (χ2v) is 7.92. The molecule has 2 aromatic rings. The van der Waals surface area contributed by atoms with E-state index in [0.29, 0.717) is 12.1 Å². The van der Waals surface area contributed by atoms with Crippen molar-refractivity contribution >= 4 is 5.91 Å². The third-order valence-corrected chi connectivity index (χ3v) is 5.73. The summed E-state index contributed by atoms with van der Waals surface area (Å²) in [7, 11) is 1.91. The molecule has 0 bridgehead atoms. The summed E-state index contributed by atoms with van der Waals surface area (Å²) in [6.45, 7) is 6.67. The molecule has 0 radical (unpaired) electrons. The van der Waals surface area contributed by atoms with E-state index in [1.165, 1.54) is 5.56 Å². The zero-order valence-corrected chi connectivity index (χ0v) is 17.3. The van der Waals surface area contributed by atoms with Gasteiger partial charge in [0.1, 0.15) is 5.75 Å². The van der Waals surface area contributed by atoms with Gasteiger partial charge in [-0.15, -0.1) is 0 Å². The van der Waals surface area contributed by atoms with E-state index < -0.39 is 0 Å². The molecule has 3 rings (SSSR count). The molecular formula is C24H32N2O2. The number of hydrogen-bond acceptors (Lipinski definition) is 3. The minimum atomic E-state index is 0.0533. The van der Waals surface area contributed by atoms with Gasteiger partial charge in [0, 0.05) is 38.6 Å². The van der Waals surface area contributed by atoms with Crippen molar-refractivity contribution in [2.75, 3.05) is 26.7 Å². The first kappa shape index (κ1) is 20.4. The minimum absolute atomic E-state index is 0.0533. The standard InChI is InChI=1S/C24H32N2O2/c1-19(2)26-15-13-22(14-16-26)25(3)24(27)18-28-23-12-8-7-11-21(23)17-20-9-5-4-6-10-20/h4-12,19,22H,13-18H2,1-3H3. The van der Waals surface area contributed by atoms with Crippen LogP contribution in [0.4, 0.5) is 0 Å². The van der Waals surface area contributed by atoms with E-state index in [1.807, 2.05) is 48.3 Å². The lowest BCUT2D eigenvalue weighted by molar-refractivity contribution is -0.135. The molecule has 0 aliphatic carbocycles. The van der Waals surface area contributed by atoms with Crippen LogP contribution >= 0.6 is 0 Å². The van der Waals surface area contributed by atoms with Crippen LogP contribution in [0, 0.1) is 0 Å². The maximum Gasteiger partial charge on any atom is 0.260 e. The van der Waals surface area contributed by atoms with Gasteiger partial charge in [-0.2, -0.15) is 0 Å². The number of nitrogens with zero attached hydrogens (tertiary/aromatic N) is 2. The summed E-state index contributed by atoms with van der Waals surface area (Å²) < 4.78 is 5.94. The van der Waals surface area contributed by atoms with Gasteiger partial charge in [-0.25, -0.2) is 0 Å². The lowest BCUT2D eigenvalue weighted by Gasteiger charge is -2.38. The molecule has 0 saturated carbocycles. The highest BCUT2D eigenvalue weighted by atomic mass is 16.5. The third kappa shape index (κ3) is 5.35. The fraction of sp³-hybridized carbons (Fsp3) is 0.458. The Morgan fingerprint density at radius 2 is 1.71 bits per heavy atom. The summed E-state index contributed by atoms with van der Waals surface area (Å²) in [6.07, 6.45) is 2.87. The van der Waals surface area contributed by atoms with Crippen LogP contribution in [0.15, 0.2) is 54.6 Å². The number of ether oxygens (including phenoxy) is 1. The highest BCUT2D eigenvalue weighted by Gasteiger charge is 2.26. The number of benzene rings is 2. The summed E-state index contributed by atoms with van der Waals surface area (Å²) in [5.41, 5.74) is 2.34. The zero-order chi connectivity index (χ0) is 19.9. The number of para-hydroxylation sites is 1. The van der Waals surface area contributed by atoms with E-state index in [1.54, 1.807) is 0 Å². The van der Waals surface area contributed by atoms with Crippen LogP contribution in [0.5, 0.6) is 5.75 Å². The number of amides is 1. The van der Waals surface area contributed by atoms with Gasteiger partial charge in [-0.1, -0.05) is 48.5 Å². The molecule has 1 saturated heterocycles. The molecule has 1 aliphatic heterocycles. The first-order valence-electron chi connectivity index (χ1n) is 10.3. The molecule has 4 heteroatoms. The van der Waals surface area contributed by atoms with Gasteiger partial charge in [-0.3, -0.25) is 4.79 Å². The van der Waals surface area contributed by atoms with Gasteiger partial charge >= 0.3 is 0 Å². The average Bonchev–Trinajstić information content (AvgIpc) is 2.73. The highest BCUT2D eigenvalue weighted by molar-refractivity contribution is 5.77. The lowest BCUT2D eigenvalue weighted by atomic mass is 10.0. The van der Waals surface area contributed by atoms with Crippen LogP contribution in [-0.4, -0.2) is 54.5 Å². The first-order chi connectivity index (χ1) is 13.5. The number of carbonyl (C=O) groups is 1. The Bertz CT molecular complexity index is 752. The number of likely N-dealkylation sites (tertiary alicyclic amines) is 1. The Labute approximate surface area is 169 Å². The Balaban J connectivity index is 1.55. The van der Waals surface area contributed by atoms with Crippen molar-refractivity contribution in [1.82, 2.24) is 9.80 Å². The molecule has 28 heavy (non-hydrogen) atoms. The van der Waals surface area contributed by atoms with Crippen molar-refractivity contribution in [3.63, 3.8) is 0 Å². The topological polar surface area (TPSA) is 32.8 Å². The number of hydrogen-bond donors (Lipinski definition) is 0. The largest absolute Gasteiger partial charge is 0.483 e. The smallest absolute Gasteiger partial charge is 0.260 e. The Morgan fingerprint density at radius 1 is 1.07 bits per heavy atom.